The van der Waals surface area contributed by atoms with Crippen molar-refractivity contribution in [1.29, 1.82) is 0 Å². The molecular weight excluding hydrogens is 649 g/mol. The highest BCUT2D eigenvalue weighted by Crippen LogP contribution is 2.38. The maximum Gasteiger partial charge on any atom is 0.306 e. The maximum atomic E-state index is 12.6. The van der Waals surface area contributed by atoms with Gasteiger partial charge in [-0.1, -0.05) is 119 Å². The summed E-state index contributed by atoms with van der Waals surface area (Å²) in [4.78, 5) is 24.9. The molecule has 0 saturated carbocycles. The predicted molar refractivity (Wildman–Crippen MR) is 208 cm³/mol. The molecule has 2 atom stereocenters. The monoisotopic (exact) mass is 722 g/mol. The predicted octanol–water partition coefficient (Wildman–Crippen LogP) is 10.1. The minimum Gasteiger partial charge on any atom is -0.756 e. The number of nitrogens with zero attached hydrogens (tertiary/aromatic N) is 1. The lowest BCUT2D eigenvalue weighted by molar-refractivity contribution is -0.870. The zero-order valence-electron chi connectivity index (χ0n) is 32.3. The Kier molecular flexibility index (Phi) is 32.6. The van der Waals surface area contributed by atoms with Gasteiger partial charge in [0.25, 0.3) is 7.82 Å². The van der Waals surface area contributed by atoms with Crippen molar-refractivity contribution in [2.24, 2.45) is 0 Å². The summed E-state index contributed by atoms with van der Waals surface area (Å²) in [6.45, 7) is 4.99. The quantitative estimate of drug-likeness (QED) is 0.0215. The van der Waals surface area contributed by atoms with Gasteiger partial charge in [0.2, 0.25) is 0 Å². The third kappa shape index (κ3) is 37.2. The lowest BCUT2D eigenvalue weighted by atomic mass is 10.1. The lowest BCUT2D eigenvalue weighted by Gasteiger charge is -2.28. The van der Waals surface area contributed by atoms with Gasteiger partial charge in [0, 0.05) is 6.42 Å². The van der Waals surface area contributed by atoms with Gasteiger partial charge in [-0.15, -0.1) is 0 Å². The molecule has 0 aromatic heterocycles. The number of likely N-dealkylation sites (N-methyl/N-ethyl adjacent to an activating group) is 1. The van der Waals surface area contributed by atoms with Crippen LogP contribution < -0.4 is 4.89 Å². The van der Waals surface area contributed by atoms with Crippen molar-refractivity contribution < 1.29 is 37.3 Å². The molecule has 288 valence electrons. The van der Waals surface area contributed by atoms with E-state index in [-0.39, 0.29) is 32.2 Å². The van der Waals surface area contributed by atoms with Crippen LogP contribution in [0.25, 0.3) is 0 Å². The molecule has 0 rings (SSSR count). The molecule has 9 heteroatoms. The van der Waals surface area contributed by atoms with Crippen LogP contribution in [0.5, 0.6) is 0 Å². The van der Waals surface area contributed by atoms with E-state index in [2.05, 4.69) is 80.7 Å². The van der Waals surface area contributed by atoms with Crippen LogP contribution in [-0.4, -0.2) is 70.7 Å². The molecule has 0 aromatic carbocycles. The van der Waals surface area contributed by atoms with Crippen LogP contribution in [0.1, 0.15) is 123 Å². The van der Waals surface area contributed by atoms with E-state index in [0.29, 0.717) is 24.1 Å². The highest BCUT2D eigenvalue weighted by molar-refractivity contribution is 7.45. The average molecular weight is 722 g/mol. The van der Waals surface area contributed by atoms with Gasteiger partial charge in [0.15, 0.2) is 0 Å². The molecule has 0 radical (unpaired) electrons. The van der Waals surface area contributed by atoms with Gasteiger partial charge < -0.3 is 27.9 Å². The Morgan fingerprint density at radius 1 is 0.640 bits per heavy atom. The van der Waals surface area contributed by atoms with E-state index in [1.54, 1.807) is 0 Å². The minimum absolute atomic E-state index is 0.00766. The topological polar surface area (TPSA) is 94.1 Å². The van der Waals surface area contributed by atoms with Crippen LogP contribution in [0.15, 0.2) is 72.9 Å². The number of phosphoric ester groups is 1. The first-order chi connectivity index (χ1) is 24.1. The number of esters is 1. The molecule has 0 fully saturated rings. The number of phosphoric acid groups is 1. The van der Waals surface area contributed by atoms with Crippen molar-refractivity contribution in [1.82, 2.24) is 0 Å². The molecule has 0 saturated heterocycles. The molecule has 0 spiro atoms. The van der Waals surface area contributed by atoms with E-state index in [1.807, 2.05) is 27.2 Å². The van der Waals surface area contributed by atoms with Gasteiger partial charge in [-0.25, -0.2) is 0 Å². The highest BCUT2D eigenvalue weighted by Gasteiger charge is 2.20. The van der Waals surface area contributed by atoms with Gasteiger partial charge in [-0.2, -0.15) is 0 Å². The van der Waals surface area contributed by atoms with E-state index in [9.17, 15) is 14.3 Å². The Hall–Kier alpha value is -2.06. The molecule has 0 heterocycles. The zero-order chi connectivity index (χ0) is 37.0. The van der Waals surface area contributed by atoms with E-state index in [4.69, 9.17) is 18.5 Å². The number of rotatable bonds is 34. The summed E-state index contributed by atoms with van der Waals surface area (Å²) in [5.41, 5.74) is 0. The largest absolute Gasteiger partial charge is 0.756 e. The fraction of sp³-hybridized carbons (Fsp3) is 0.683. The molecule has 0 aromatic rings. The highest BCUT2D eigenvalue weighted by atomic mass is 31.2. The molecule has 2 unspecified atom stereocenters. The van der Waals surface area contributed by atoms with E-state index >= 15 is 0 Å². The number of hydrogen-bond donors (Lipinski definition) is 0. The Labute approximate surface area is 306 Å². The Bertz CT molecular complexity index is 1030. The third-order valence-electron chi connectivity index (χ3n) is 7.51. The molecule has 50 heavy (non-hydrogen) atoms. The zero-order valence-corrected chi connectivity index (χ0v) is 33.2. The summed E-state index contributed by atoms with van der Waals surface area (Å²) in [5.74, 6) is -0.373. The van der Waals surface area contributed by atoms with Crippen LogP contribution in [0, 0.1) is 0 Å². The average Bonchev–Trinajstić information content (AvgIpc) is 3.06. The number of hydrogen-bond acceptors (Lipinski definition) is 7. The minimum atomic E-state index is -4.54. The summed E-state index contributed by atoms with van der Waals surface area (Å²) in [6.07, 6.45) is 42.2. The van der Waals surface area contributed by atoms with Crippen LogP contribution in [0.2, 0.25) is 0 Å². The maximum absolute atomic E-state index is 12.6. The van der Waals surface area contributed by atoms with E-state index < -0.39 is 13.9 Å². The number of allylic oxidation sites excluding steroid dienone is 11. The first-order valence-electron chi connectivity index (χ1n) is 19.2. The van der Waals surface area contributed by atoms with E-state index in [0.717, 1.165) is 70.6 Å². The molecule has 0 aliphatic heterocycles. The van der Waals surface area contributed by atoms with E-state index in [1.165, 1.54) is 25.7 Å². The normalized spacial score (nSPS) is 14.8. The van der Waals surface area contributed by atoms with Crippen LogP contribution >= 0.6 is 7.82 Å². The van der Waals surface area contributed by atoms with Gasteiger partial charge in [-0.3, -0.25) is 9.36 Å². The Morgan fingerprint density at radius 2 is 1.16 bits per heavy atom. The lowest BCUT2D eigenvalue weighted by Crippen LogP contribution is -2.37. The molecule has 0 aliphatic carbocycles. The van der Waals surface area contributed by atoms with Crippen LogP contribution in [-0.2, 0) is 27.9 Å². The summed E-state index contributed by atoms with van der Waals surface area (Å²) in [5, 5.41) is 0. The summed E-state index contributed by atoms with van der Waals surface area (Å²) in [6, 6.07) is 0. The second-order valence-corrected chi connectivity index (χ2v) is 15.0. The Morgan fingerprint density at radius 3 is 1.74 bits per heavy atom. The standard InChI is InChI=1S/C41H72NO7P/c1-6-8-10-12-14-16-18-20-21-22-23-25-27-29-31-33-36-46-38-40(39-48-50(44,45)47-37-35-42(3,4)5)49-41(43)34-32-30-28-26-24-19-17-15-13-11-9-7-2/h8,10,14-17,20-21,23,25,29,31,40H,6-7,9,11-13,18-19,22,24,26-28,30,32-39H2,1-5H3/b10-8-,16-14-,17-15-,21-20-,25-23-,31-29-. The van der Waals surface area contributed by atoms with Crippen LogP contribution in [0.3, 0.4) is 0 Å². The van der Waals surface area contributed by atoms with Crippen molar-refractivity contribution in [3.05, 3.63) is 72.9 Å². The number of ether oxygens (including phenoxy) is 2. The summed E-state index contributed by atoms with van der Waals surface area (Å²) >= 11 is 0. The second-order valence-electron chi connectivity index (χ2n) is 13.5. The van der Waals surface area contributed by atoms with Gasteiger partial charge in [0.1, 0.15) is 19.3 Å². The summed E-state index contributed by atoms with van der Waals surface area (Å²) < 4.78 is 34.3. The number of quaternary nitrogens is 1. The van der Waals surface area contributed by atoms with Crippen molar-refractivity contribution >= 4 is 13.8 Å². The molecule has 0 bridgehead atoms. The molecular formula is C41H72NO7P. The van der Waals surface area contributed by atoms with Crippen molar-refractivity contribution in [2.45, 2.75) is 129 Å². The molecule has 0 N–H and O–H groups in total. The van der Waals surface area contributed by atoms with Gasteiger partial charge in [-0.05, 0) is 70.6 Å². The van der Waals surface area contributed by atoms with Crippen LogP contribution in [0.4, 0.5) is 0 Å². The molecule has 0 amide bonds. The fourth-order valence-corrected chi connectivity index (χ4v) is 5.27. The first-order valence-corrected chi connectivity index (χ1v) is 20.6. The van der Waals surface area contributed by atoms with Gasteiger partial charge in [0.05, 0.1) is 41.0 Å². The number of unbranched alkanes of at least 4 members (excludes halogenated alkanes) is 8. The smallest absolute Gasteiger partial charge is 0.306 e. The number of carbonyl (C=O) groups is 1. The SMILES string of the molecule is CC/C=C\C/C=C\C/C=C\C/C=C\C/C=C\CCOCC(COP(=O)([O-])OCC[N+](C)(C)C)OC(=O)CCCCCCC/C=C\CCCCC. The Balaban J connectivity index is 4.46. The second kappa shape index (κ2) is 34.0. The van der Waals surface area contributed by atoms with Crippen molar-refractivity contribution in [3.8, 4) is 0 Å². The third-order valence-corrected chi connectivity index (χ3v) is 8.48. The van der Waals surface area contributed by atoms with Gasteiger partial charge >= 0.3 is 5.97 Å². The molecule has 0 aliphatic rings. The first kappa shape index (κ1) is 47.9. The summed E-state index contributed by atoms with van der Waals surface area (Å²) in [7, 11) is 1.29. The number of carbonyl (C=O) groups excluding carboxylic acids is 1. The van der Waals surface area contributed by atoms with Crippen molar-refractivity contribution in [2.75, 3.05) is 54.1 Å². The fourth-order valence-electron chi connectivity index (χ4n) is 4.54. The van der Waals surface area contributed by atoms with Crippen molar-refractivity contribution in [3.63, 3.8) is 0 Å². The molecule has 8 nitrogen and oxygen atoms in total.